The molecule has 186 valence electrons. The second kappa shape index (κ2) is 9.44. The maximum Gasteiger partial charge on any atom is 0.166 e. The highest BCUT2D eigenvalue weighted by molar-refractivity contribution is 5.97. The van der Waals surface area contributed by atoms with E-state index in [4.69, 9.17) is 20.2 Å². The molecule has 0 bridgehead atoms. The van der Waals surface area contributed by atoms with Gasteiger partial charge < -0.3 is 20.6 Å². The Labute approximate surface area is 210 Å². The number of ether oxygens (including phenoxy) is 2. The summed E-state index contributed by atoms with van der Waals surface area (Å²) in [4.78, 5) is 6.95. The van der Waals surface area contributed by atoms with Crippen molar-refractivity contribution >= 4 is 22.5 Å². The molecule has 8 heteroatoms. The number of hydrazine groups is 1. The Hall–Kier alpha value is -3.62. The SMILES string of the molecule is CC1=C(c2cccc3c2CNN3)C(c2ccc(OCCN3CC(CF)C3)cn2)Oc2ccc(N)cc21. The van der Waals surface area contributed by atoms with Gasteiger partial charge in [-0.05, 0) is 60.0 Å². The van der Waals surface area contributed by atoms with Crippen LogP contribution in [0, 0.1) is 5.92 Å². The molecule has 1 unspecified atom stereocenters. The van der Waals surface area contributed by atoms with Gasteiger partial charge in [0.2, 0.25) is 0 Å². The summed E-state index contributed by atoms with van der Waals surface area (Å²) < 4.78 is 25.1. The van der Waals surface area contributed by atoms with E-state index in [0.717, 1.165) is 65.6 Å². The van der Waals surface area contributed by atoms with Crippen LogP contribution in [0.5, 0.6) is 11.5 Å². The first-order valence-corrected chi connectivity index (χ1v) is 12.4. The Morgan fingerprint density at radius 2 is 2.06 bits per heavy atom. The van der Waals surface area contributed by atoms with Crippen LogP contribution in [0.4, 0.5) is 15.8 Å². The molecule has 4 N–H and O–H groups in total. The van der Waals surface area contributed by atoms with E-state index in [2.05, 4.69) is 40.9 Å². The van der Waals surface area contributed by atoms with Crippen LogP contribution in [0.1, 0.15) is 35.4 Å². The predicted molar refractivity (Wildman–Crippen MR) is 139 cm³/mol. The van der Waals surface area contributed by atoms with Gasteiger partial charge in [-0.3, -0.25) is 14.3 Å². The quantitative estimate of drug-likeness (QED) is 0.425. The maximum absolute atomic E-state index is 12.6. The molecule has 3 aromatic rings. The minimum absolute atomic E-state index is 0.186. The number of nitrogens with two attached hydrogens (primary N) is 1. The Balaban J connectivity index is 1.28. The summed E-state index contributed by atoms with van der Waals surface area (Å²) in [6.07, 6.45) is 1.38. The number of aromatic nitrogens is 1. The smallest absolute Gasteiger partial charge is 0.166 e. The average Bonchev–Trinajstić information content (AvgIpc) is 3.35. The molecule has 0 radical (unpaired) electrons. The molecule has 1 atom stereocenters. The fourth-order valence-electron chi connectivity index (χ4n) is 5.28. The van der Waals surface area contributed by atoms with Crippen LogP contribution < -0.4 is 26.1 Å². The number of nitrogen functional groups attached to an aromatic ring is 1. The number of rotatable bonds is 7. The number of pyridine rings is 1. The second-order valence-electron chi connectivity index (χ2n) is 9.65. The number of anilines is 2. The zero-order valence-corrected chi connectivity index (χ0v) is 20.3. The minimum atomic E-state index is -0.374. The van der Waals surface area contributed by atoms with Crippen LogP contribution >= 0.6 is 0 Å². The first-order chi connectivity index (χ1) is 17.6. The molecule has 3 aliphatic rings. The molecular formula is C28H30FN5O2. The fourth-order valence-corrected chi connectivity index (χ4v) is 5.28. The van der Waals surface area contributed by atoms with E-state index in [1.807, 2.05) is 30.3 Å². The highest BCUT2D eigenvalue weighted by atomic mass is 19.1. The highest BCUT2D eigenvalue weighted by Gasteiger charge is 2.32. The summed E-state index contributed by atoms with van der Waals surface area (Å²) >= 11 is 0. The summed E-state index contributed by atoms with van der Waals surface area (Å²) in [5.74, 6) is 1.69. The van der Waals surface area contributed by atoms with E-state index >= 15 is 0 Å². The van der Waals surface area contributed by atoms with Crippen molar-refractivity contribution in [1.29, 1.82) is 0 Å². The summed E-state index contributed by atoms with van der Waals surface area (Å²) in [6, 6.07) is 15.9. The van der Waals surface area contributed by atoms with Gasteiger partial charge in [-0.25, -0.2) is 5.43 Å². The van der Waals surface area contributed by atoms with Crippen molar-refractivity contribution in [3.63, 3.8) is 0 Å². The first-order valence-electron chi connectivity index (χ1n) is 12.4. The van der Waals surface area contributed by atoms with Crippen molar-refractivity contribution in [3.8, 4) is 11.5 Å². The Morgan fingerprint density at radius 3 is 2.86 bits per heavy atom. The lowest BCUT2D eigenvalue weighted by Gasteiger charge is -2.37. The average molecular weight is 488 g/mol. The lowest BCUT2D eigenvalue weighted by atomic mass is 9.85. The van der Waals surface area contributed by atoms with Crippen molar-refractivity contribution in [1.82, 2.24) is 15.3 Å². The van der Waals surface area contributed by atoms with E-state index in [9.17, 15) is 4.39 Å². The Bertz CT molecular complexity index is 1300. The molecule has 0 spiro atoms. The highest BCUT2D eigenvalue weighted by Crippen LogP contribution is 2.48. The van der Waals surface area contributed by atoms with E-state index in [1.165, 1.54) is 5.56 Å². The van der Waals surface area contributed by atoms with Crippen LogP contribution in [0.25, 0.3) is 11.1 Å². The standard InChI is InChI=1S/C28H30FN5O2/c1-17-22-11-19(30)5-8-26(22)36-28(27(17)21-3-2-4-24-23(21)14-32-33-24)25-7-6-20(13-31-25)35-10-9-34-15-18(12-29)16-34/h2-8,11,13,18,28,32-33H,9-10,12,14-16,30H2,1H3. The van der Waals surface area contributed by atoms with E-state index in [1.54, 1.807) is 6.20 Å². The molecule has 0 amide bonds. The number of alkyl halides is 1. The molecule has 0 aliphatic carbocycles. The summed E-state index contributed by atoms with van der Waals surface area (Å²) in [7, 11) is 0. The predicted octanol–water partition coefficient (Wildman–Crippen LogP) is 4.44. The molecular weight excluding hydrogens is 457 g/mol. The van der Waals surface area contributed by atoms with E-state index in [-0.39, 0.29) is 18.7 Å². The topological polar surface area (TPSA) is 84.7 Å². The van der Waals surface area contributed by atoms with Gasteiger partial charge >= 0.3 is 0 Å². The third-order valence-electron chi connectivity index (χ3n) is 7.23. The van der Waals surface area contributed by atoms with Crippen molar-refractivity contribution in [2.45, 2.75) is 19.6 Å². The lowest BCUT2D eigenvalue weighted by molar-refractivity contribution is 0.0668. The van der Waals surface area contributed by atoms with Gasteiger partial charge in [0.25, 0.3) is 0 Å². The van der Waals surface area contributed by atoms with Crippen LogP contribution in [-0.4, -0.2) is 42.8 Å². The van der Waals surface area contributed by atoms with Crippen LogP contribution in [0.15, 0.2) is 54.7 Å². The monoisotopic (exact) mass is 487 g/mol. The number of hydrogen-bond donors (Lipinski definition) is 3. The molecule has 36 heavy (non-hydrogen) atoms. The van der Waals surface area contributed by atoms with Crippen LogP contribution in [0.3, 0.4) is 0 Å². The molecule has 7 nitrogen and oxygen atoms in total. The van der Waals surface area contributed by atoms with Gasteiger partial charge in [-0.2, -0.15) is 0 Å². The Kier molecular flexibility index (Phi) is 5.99. The number of halogens is 1. The number of likely N-dealkylation sites (tertiary alicyclic amines) is 1. The third kappa shape index (κ3) is 4.16. The fraction of sp³-hybridized carbons (Fsp3) is 0.321. The molecule has 1 aromatic heterocycles. The van der Waals surface area contributed by atoms with E-state index in [0.29, 0.717) is 18.0 Å². The normalized spacial score (nSPS) is 19.2. The first kappa shape index (κ1) is 22.8. The molecule has 1 fully saturated rings. The summed E-state index contributed by atoms with van der Waals surface area (Å²) in [5.41, 5.74) is 20.7. The molecule has 1 saturated heterocycles. The number of nitrogens with zero attached hydrogens (tertiary/aromatic N) is 2. The van der Waals surface area contributed by atoms with Gasteiger partial charge in [-0.1, -0.05) is 12.1 Å². The van der Waals surface area contributed by atoms with Gasteiger partial charge in [-0.15, -0.1) is 0 Å². The number of fused-ring (bicyclic) bond motifs is 2. The van der Waals surface area contributed by atoms with E-state index < -0.39 is 0 Å². The summed E-state index contributed by atoms with van der Waals surface area (Å²) in [6.45, 7) is 5.57. The number of nitrogens with one attached hydrogen (secondary N) is 2. The Morgan fingerprint density at radius 1 is 1.17 bits per heavy atom. The van der Waals surface area contributed by atoms with Gasteiger partial charge in [0.1, 0.15) is 18.1 Å². The van der Waals surface area contributed by atoms with Crippen LogP contribution in [0.2, 0.25) is 0 Å². The zero-order valence-electron chi connectivity index (χ0n) is 20.3. The molecule has 3 aliphatic heterocycles. The lowest BCUT2D eigenvalue weighted by Crippen LogP contribution is -2.49. The molecule has 4 heterocycles. The van der Waals surface area contributed by atoms with Gasteiger partial charge in [0.05, 0.1) is 24.3 Å². The second-order valence-corrected chi connectivity index (χ2v) is 9.65. The van der Waals surface area contributed by atoms with Crippen molar-refractivity contribution in [2.75, 3.05) is 44.1 Å². The number of benzene rings is 2. The number of allylic oxidation sites excluding steroid dienone is 1. The zero-order chi connectivity index (χ0) is 24.6. The number of hydrogen-bond acceptors (Lipinski definition) is 7. The van der Waals surface area contributed by atoms with Gasteiger partial charge in [0, 0.05) is 48.9 Å². The third-order valence-corrected chi connectivity index (χ3v) is 7.23. The van der Waals surface area contributed by atoms with Gasteiger partial charge in [0.15, 0.2) is 6.10 Å². The van der Waals surface area contributed by atoms with Crippen molar-refractivity contribution < 1.29 is 13.9 Å². The van der Waals surface area contributed by atoms with Crippen molar-refractivity contribution in [3.05, 3.63) is 77.1 Å². The largest absolute Gasteiger partial charge is 0.491 e. The maximum atomic E-state index is 12.6. The molecule has 6 rings (SSSR count). The molecule has 0 saturated carbocycles. The van der Waals surface area contributed by atoms with Crippen LogP contribution in [-0.2, 0) is 6.54 Å². The minimum Gasteiger partial charge on any atom is -0.491 e. The van der Waals surface area contributed by atoms with Crippen molar-refractivity contribution in [2.24, 2.45) is 5.92 Å². The molecule has 2 aromatic carbocycles. The summed E-state index contributed by atoms with van der Waals surface area (Å²) in [5, 5.41) is 0.